The van der Waals surface area contributed by atoms with Crippen molar-refractivity contribution in [2.45, 2.75) is 69.6 Å². The van der Waals surface area contributed by atoms with E-state index in [4.69, 9.17) is 5.11 Å². The summed E-state index contributed by atoms with van der Waals surface area (Å²) >= 11 is 0. The van der Waals surface area contributed by atoms with Gasteiger partial charge in [0.05, 0.1) is 5.92 Å². The smallest absolute Gasteiger partial charge is 0.391 e. The van der Waals surface area contributed by atoms with Crippen LogP contribution in [0.3, 0.4) is 0 Å². The van der Waals surface area contributed by atoms with E-state index >= 15 is 0 Å². The molecule has 0 unspecified atom stereocenters. The van der Waals surface area contributed by atoms with E-state index in [-0.39, 0.29) is 19.1 Å². The molecular weight excluding hydrogens is 255 g/mol. The molecule has 2 aliphatic rings. The van der Waals surface area contributed by atoms with Gasteiger partial charge in [-0.15, -0.1) is 0 Å². The van der Waals surface area contributed by atoms with Gasteiger partial charge >= 0.3 is 6.18 Å². The molecule has 2 fully saturated rings. The molecule has 2 atom stereocenters. The predicted molar refractivity (Wildman–Crippen MR) is 67.8 cm³/mol. The van der Waals surface area contributed by atoms with E-state index in [9.17, 15) is 13.2 Å². The summed E-state index contributed by atoms with van der Waals surface area (Å²) in [5.74, 6) is -0.722. The third-order valence-corrected chi connectivity index (χ3v) is 4.71. The number of aliphatic hydroxyl groups is 1. The van der Waals surface area contributed by atoms with Gasteiger partial charge in [-0.3, -0.25) is 0 Å². The van der Waals surface area contributed by atoms with Gasteiger partial charge in [0.2, 0.25) is 0 Å². The Hall–Kier alpha value is -0.290. The molecular formula is C14H24F3NO. The number of halogens is 3. The van der Waals surface area contributed by atoms with Crippen molar-refractivity contribution in [2.75, 3.05) is 6.61 Å². The quantitative estimate of drug-likeness (QED) is 0.831. The fraction of sp³-hybridized carbons (Fsp3) is 1.00. The van der Waals surface area contributed by atoms with Crippen LogP contribution in [-0.2, 0) is 0 Å². The topological polar surface area (TPSA) is 32.3 Å². The zero-order chi connectivity index (χ0) is 13.9. The monoisotopic (exact) mass is 279 g/mol. The number of alkyl halides is 3. The third-order valence-electron chi connectivity index (χ3n) is 4.71. The normalized spacial score (nSPS) is 37.3. The van der Waals surface area contributed by atoms with Crippen LogP contribution in [0.1, 0.15) is 51.4 Å². The Kier molecular flexibility index (Phi) is 5.12. The van der Waals surface area contributed by atoms with Crippen LogP contribution in [0.15, 0.2) is 0 Å². The van der Waals surface area contributed by atoms with Gasteiger partial charge in [0.1, 0.15) is 0 Å². The number of nitrogens with one attached hydrogen (secondary N) is 1. The number of hydrogen-bond donors (Lipinski definition) is 2. The first-order valence-electron chi connectivity index (χ1n) is 7.42. The molecule has 2 aliphatic carbocycles. The van der Waals surface area contributed by atoms with Crippen molar-refractivity contribution in [3.63, 3.8) is 0 Å². The van der Waals surface area contributed by atoms with Crippen molar-refractivity contribution >= 4 is 0 Å². The molecule has 2 N–H and O–H groups in total. The highest BCUT2D eigenvalue weighted by Crippen LogP contribution is 2.38. The lowest BCUT2D eigenvalue weighted by Crippen LogP contribution is -2.45. The lowest BCUT2D eigenvalue weighted by molar-refractivity contribution is -0.184. The highest BCUT2D eigenvalue weighted by molar-refractivity contribution is 4.86. The standard InChI is InChI=1S/C14H24F3NO/c15-14(16,17)11-2-1-3-13(8-11)18-12-6-4-10(9-19)5-7-12/h10-13,18-19H,1-9H2/t10?,11-,12?,13+/m0/s1. The SMILES string of the molecule is OCC1CCC(N[C@@H]2CCC[C@H](C(F)(F)F)C2)CC1. The Morgan fingerprint density at radius 3 is 2.21 bits per heavy atom. The lowest BCUT2D eigenvalue weighted by Gasteiger charge is -2.36. The second kappa shape index (κ2) is 6.44. The second-order valence-corrected chi connectivity index (χ2v) is 6.17. The molecule has 0 radical (unpaired) electrons. The molecule has 0 aromatic carbocycles. The lowest BCUT2D eigenvalue weighted by atomic mass is 9.82. The molecule has 0 aliphatic heterocycles. The van der Waals surface area contributed by atoms with Crippen LogP contribution in [0, 0.1) is 11.8 Å². The van der Waals surface area contributed by atoms with Gasteiger partial charge in [0.25, 0.3) is 0 Å². The second-order valence-electron chi connectivity index (χ2n) is 6.17. The summed E-state index contributed by atoms with van der Waals surface area (Å²) in [6, 6.07) is 0.371. The van der Waals surface area contributed by atoms with Crippen molar-refractivity contribution in [1.82, 2.24) is 5.32 Å². The average molecular weight is 279 g/mol. The van der Waals surface area contributed by atoms with Gasteiger partial charge in [-0.1, -0.05) is 6.42 Å². The van der Waals surface area contributed by atoms with Crippen LogP contribution in [0.4, 0.5) is 13.2 Å². The molecule has 0 amide bonds. The van der Waals surface area contributed by atoms with Crippen LogP contribution in [0.2, 0.25) is 0 Å². The van der Waals surface area contributed by atoms with Crippen LogP contribution < -0.4 is 5.32 Å². The average Bonchev–Trinajstić information content (AvgIpc) is 2.39. The molecule has 2 nitrogen and oxygen atoms in total. The van der Waals surface area contributed by atoms with Crippen LogP contribution in [0.5, 0.6) is 0 Å². The summed E-state index contributed by atoms with van der Waals surface area (Å²) in [7, 11) is 0. The van der Waals surface area contributed by atoms with Gasteiger partial charge in [-0.25, -0.2) is 0 Å². The summed E-state index contributed by atoms with van der Waals surface area (Å²) in [5.41, 5.74) is 0. The van der Waals surface area contributed by atoms with Crippen LogP contribution in [0.25, 0.3) is 0 Å². The molecule has 0 bridgehead atoms. The van der Waals surface area contributed by atoms with Crippen LogP contribution >= 0.6 is 0 Å². The van der Waals surface area contributed by atoms with E-state index < -0.39 is 12.1 Å². The Bertz CT molecular complexity index is 274. The summed E-state index contributed by atoms with van der Waals surface area (Å²) < 4.78 is 38.2. The molecule has 0 aromatic heterocycles. The first-order valence-corrected chi connectivity index (χ1v) is 7.42. The molecule has 0 heterocycles. The minimum Gasteiger partial charge on any atom is -0.396 e. The van der Waals surface area contributed by atoms with Gasteiger partial charge in [-0.2, -0.15) is 13.2 Å². The Balaban J connectivity index is 1.77. The third kappa shape index (κ3) is 4.35. The summed E-state index contributed by atoms with van der Waals surface area (Å²) in [5, 5.41) is 12.5. The number of hydrogen-bond acceptors (Lipinski definition) is 2. The van der Waals surface area contributed by atoms with Gasteiger partial charge in [0, 0.05) is 18.7 Å². The van der Waals surface area contributed by atoms with Crippen molar-refractivity contribution in [1.29, 1.82) is 0 Å². The minimum absolute atomic E-state index is 0.0241. The first kappa shape index (κ1) is 15.1. The van der Waals surface area contributed by atoms with Crippen molar-refractivity contribution in [3.05, 3.63) is 0 Å². The summed E-state index contributed by atoms with van der Waals surface area (Å²) in [6.07, 6.45) is 1.99. The summed E-state index contributed by atoms with van der Waals surface area (Å²) in [4.78, 5) is 0. The summed E-state index contributed by atoms with van der Waals surface area (Å²) in [6.45, 7) is 0.242. The fourth-order valence-electron chi connectivity index (χ4n) is 3.48. The maximum atomic E-state index is 12.7. The van der Waals surface area contributed by atoms with Crippen molar-refractivity contribution < 1.29 is 18.3 Å². The Morgan fingerprint density at radius 2 is 1.63 bits per heavy atom. The van der Waals surface area contributed by atoms with E-state index in [1.165, 1.54) is 0 Å². The molecule has 2 saturated carbocycles. The number of rotatable bonds is 3. The van der Waals surface area contributed by atoms with Crippen molar-refractivity contribution in [2.24, 2.45) is 11.8 Å². The highest BCUT2D eigenvalue weighted by Gasteiger charge is 2.42. The first-order chi connectivity index (χ1) is 8.99. The van der Waals surface area contributed by atoms with E-state index in [1.807, 2.05) is 0 Å². The molecule has 19 heavy (non-hydrogen) atoms. The molecule has 0 spiro atoms. The highest BCUT2D eigenvalue weighted by atomic mass is 19.4. The van der Waals surface area contributed by atoms with E-state index in [0.29, 0.717) is 24.8 Å². The largest absolute Gasteiger partial charge is 0.396 e. The van der Waals surface area contributed by atoms with Gasteiger partial charge in [0.15, 0.2) is 0 Å². The zero-order valence-electron chi connectivity index (χ0n) is 11.3. The number of aliphatic hydroxyl groups excluding tert-OH is 1. The molecule has 5 heteroatoms. The molecule has 2 rings (SSSR count). The Labute approximate surface area is 112 Å². The maximum Gasteiger partial charge on any atom is 0.391 e. The zero-order valence-corrected chi connectivity index (χ0v) is 11.3. The molecule has 112 valence electrons. The van der Waals surface area contributed by atoms with Gasteiger partial charge in [-0.05, 0) is 50.9 Å². The van der Waals surface area contributed by atoms with E-state index in [2.05, 4.69) is 5.32 Å². The van der Waals surface area contributed by atoms with E-state index in [0.717, 1.165) is 32.1 Å². The van der Waals surface area contributed by atoms with Crippen LogP contribution in [-0.4, -0.2) is 30.0 Å². The predicted octanol–water partition coefficient (Wildman–Crippen LogP) is 3.25. The Morgan fingerprint density at radius 1 is 0.947 bits per heavy atom. The molecule has 0 aromatic rings. The maximum absolute atomic E-state index is 12.7. The van der Waals surface area contributed by atoms with Gasteiger partial charge < -0.3 is 10.4 Å². The fourth-order valence-corrected chi connectivity index (χ4v) is 3.48. The van der Waals surface area contributed by atoms with Crippen molar-refractivity contribution in [3.8, 4) is 0 Å². The molecule has 0 saturated heterocycles. The minimum atomic E-state index is -4.03. The van der Waals surface area contributed by atoms with E-state index in [1.54, 1.807) is 0 Å².